The summed E-state index contributed by atoms with van der Waals surface area (Å²) in [4.78, 5) is 24.5. The van der Waals surface area contributed by atoms with Gasteiger partial charge >= 0.3 is 5.97 Å². The minimum atomic E-state index is -1.92. The average molecular weight is 537 g/mol. The molecule has 2 rings (SSSR count). The summed E-state index contributed by atoms with van der Waals surface area (Å²) >= 11 is 29.3. The molecule has 2 aromatic carbocycles. The molecule has 6 nitrogen and oxygen atoms in total. The van der Waals surface area contributed by atoms with E-state index in [4.69, 9.17) is 63.4 Å². The minimum absolute atomic E-state index is 0.0825. The van der Waals surface area contributed by atoms with Gasteiger partial charge in [-0.2, -0.15) is 0 Å². The number of ether oxygens (including phenoxy) is 1. The number of carbonyl (C=O) groups excluding carboxylic acids is 2. The summed E-state index contributed by atoms with van der Waals surface area (Å²) in [6.07, 6.45) is 0.584. The third-order valence-corrected chi connectivity index (χ3v) is 5.31. The second kappa shape index (κ2) is 12.5. The standard InChI is InChI=1S/C21H21Cl4N3O3S/c1-2-3-12-31-18(30)13-8-10-14(11-9-13)26-20(32)28-19(21(23,24)25)27-17(29)15-6-4-5-7-16(15)22/h4-11,19H,2-3,12H2,1H3,(H,27,29)(H2,26,28,32)/t19-/m0/s1. The van der Waals surface area contributed by atoms with Crippen molar-refractivity contribution in [1.82, 2.24) is 10.6 Å². The van der Waals surface area contributed by atoms with Gasteiger partial charge in [-0.1, -0.05) is 71.9 Å². The quantitative estimate of drug-likeness (QED) is 0.132. The molecule has 0 radical (unpaired) electrons. The molecule has 0 saturated carbocycles. The number of nitrogens with one attached hydrogen (secondary N) is 3. The molecule has 1 atom stereocenters. The van der Waals surface area contributed by atoms with E-state index in [0.29, 0.717) is 17.9 Å². The van der Waals surface area contributed by atoms with E-state index in [1.54, 1.807) is 48.5 Å². The predicted molar refractivity (Wildman–Crippen MR) is 134 cm³/mol. The van der Waals surface area contributed by atoms with E-state index in [0.717, 1.165) is 12.8 Å². The van der Waals surface area contributed by atoms with Gasteiger partial charge in [0.2, 0.25) is 3.79 Å². The van der Waals surface area contributed by atoms with Crippen LogP contribution in [0.25, 0.3) is 0 Å². The van der Waals surface area contributed by atoms with Gasteiger partial charge in [-0.05, 0) is 55.0 Å². The monoisotopic (exact) mass is 535 g/mol. The normalized spacial score (nSPS) is 11.9. The Morgan fingerprint density at radius 1 is 1.06 bits per heavy atom. The summed E-state index contributed by atoms with van der Waals surface area (Å²) in [5.74, 6) is -0.947. The van der Waals surface area contributed by atoms with Crippen molar-refractivity contribution in [2.45, 2.75) is 29.7 Å². The maximum Gasteiger partial charge on any atom is 0.338 e. The first-order valence-corrected chi connectivity index (χ1v) is 11.5. The average Bonchev–Trinajstić information content (AvgIpc) is 2.73. The molecule has 0 aliphatic heterocycles. The number of anilines is 1. The zero-order chi connectivity index (χ0) is 23.7. The van der Waals surface area contributed by atoms with Crippen LogP contribution >= 0.6 is 58.6 Å². The number of rotatable bonds is 8. The molecule has 0 fully saturated rings. The topological polar surface area (TPSA) is 79.5 Å². The fourth-order valence-electron chi connectivity index (χ4n) is 2.43. The van der Waals surface area contributed by atoms with Crippen molar-refractivity contribution in [3.63, 3.8) is 0 Å². The molecule has 0 aromatic heterocycles. The van der Waals surface area contributed by atoms with Gasteiger partial charge in [0.15, 0.2) is 5.11 Å². The van der Waals surface area contributed by atoms with E-state index in [1.165, 1.54) is 0 Å². The molecule has 0 spiro atoms. The fraction of sp³-hybridized carbons (Fsp3) is 0.286. The number of carbonyl (C=O) groups is 2. The van der Waals surface area contributed by atoms with Crippen molar-refractivity contribution < 1.29 is 14.3 Å². The third kappa shape index (κ3) is 8.30. The van der Waals surface area contributed by atoms with Gasteiger partial charge in [-0.3, -0.25) is 4.79 Å². The predicted octanol–water partition coefficient (Wildman–Crippen LogP) is 5.71. The lowest BCUT2D eigenvalue weighted by Crippen LogP contribution is -2.56. The molecule has 11 heteroatoms. The molecular formula is C21H21Cl4N3O3S. The van der Waals surface area contributed by atoms with Crippen LogP contribution in [0.2, 0.25) is 5.02 Å². The Balaban J connectivity index is 1.99. The summed E-state index contributed by atoms with van der Waals surface area (Å²) in [6.45, 7) is 2.39. The summed E-state index contributed by atoms with van der Waals surface area (Å²) in [7, 11) is 0. The summed E-state index contributed by atoms with van der Waals surface area (Å²) in [5.41, 5.74) is 1.21. The number of amides is 1. The molecule has 32 heavy (non-hydrogen) atoms. The number of benzene rings is 2. The Labute approximate surface area is 211 Å². The van der Waals surface area contributed by atoms with Gasteiger partial charge in [-0.25, -0.2) is 4.79 Å². The zero-order valence-corrected chi connectivity index (χ0v) is 20.8. The molecule has 0 unspecified atom stereocenters. The second-order valence-electron chi connectivity index (χ2n) is 6.59. The largest absolute Gasteiger partial charge is 0.462 e. The van der Waals surface area contributed by atoms with Crippen molar-refractivity contribution >= 4 is 81.3 Å². The Kier molecular flexibility index (Phi) is 10.3. The van der Waals surface area contributed by atoms with Crippen LogP contribution in [-0.4, -0.2) is 33.6 Å². The van der Waals surface area contributed by atoms with Crippen LogP contribution in [0.3, 0.4) is 0 Å². The molecule has 0 aliphatic rings. The van der Waals surface area contributed by atoms with Crippen molar-refractivity contribution in [2.24, 2.45) is 0 Å². The Bertz CT molecular complexity index is 952. The number of alkyl halides is 3. The molecule has 0 saturated heterocycles. The van der Waals surface area contributed by atoms with Gasteiger partial charge < -0.3 is 20.7 Å². The van der Waals surface area contributed by atoms with Gasteiger partial charge in [0.1, 0.15) is 6.17 Å². The molecule has 0 heterocycles. The maximum absolute atomic E-state index is 12.5. The highest BCUT2D eigenvalue weighted by molar-refractivity contribution is 7.80. The number of unbranched alkanes of at least 4 members (excludes halogenated alkanes) is 1. The molecular weight excluding hydrogens is 516 g/mol. The highest BCUT2D eigenvalue weighted by Gasteiger charge is 2.35. The maximum atomic E-state index is 12.5. The Morgan fingerprint density at radius 3 is 2.31 bits per heavy atom. The van der Waals surface area contributed by atoms with Crippen molar-refractivity contribution in [1.29, 1.82) is 0 Å². The van der Waals surface area contributed by atoms with Crippen LogP contribution in [0.1, 0.15) is 40.5 Å². The number of hydrogen-bond donors (Lipinski definition) is 3. The van der Waals surface area contributed by atoms with Crippen LogP contribution in [0.15, 0.2) is 48.5 Å². The van der Waals surface area contributed by atoms with Crippen molar-refractivity contribution in [3.8, 4) is 0 Å². The highest BCUT2D eigenvalue weighted by atomic mass is 35.6. The van der Waals surface area contributed by atoms with E-state index in [2.05, 4.69) is 16.0 Å². The smallest absolute Gasteiger partial charge is 0.338 e. The molecule has 0 aliphatic carbocycles. The first kappa shape index (κ1) is 26.5. The van der Waals surface area contributed by atoms with Crippen molar-refractivity contribution in [2.75, 3.05) is 11.9 Å². The van der Waals surface area contributed by atoms with Gasteiger partial charge in [0.25, 0.3) is 5.91 Å². The molecule has 172 valence electrons. The molecule has 1 amide bonds. The van der Waals surface area contributed by atoms with E-state index in [9.17, 15) is 9.59 Å². The van der Waals surface area contributed by atoms with Crippen LogP contribution in [0.4, 0.5) is 5.69 Å². The van der Waals surface area contributed by atoms with Crippen LogP contribution in [-0.2, 0) is 4.74 Å². The van der Waals surface area contributed by atoms with Crippen LogP contribution < -0.4 is 16.0 Å². The third-order valence-electron chi connectivity index (χ3n) is 4.11. The number of hydrogen-bond acceptors (Lipinski definition) is 4. The number of thiocarbonyl (C=S) groups is 1. The minimum Gasteiger partial charge on any atom is -0.462 e. The summed E-state index contributed by atoms with van der Waals surface area (Å²) < 4.78 is 3.25. The van der Waals surface area contributed by atoms with E-state index in [1.807, 2.05) is 6.92 Å². The lowest BCUT2D eigenvalue weighted by Gasteiger charge is -2.28. The number of esters is 1. The molecule has 2 aromatic rings. The Hall–Kier alpha value is -1.77. The molecule has 0 bridgehead atoms. The lowest BCUT2D eigenvalue weighted by molar-refractivity contribution is 0.0499. The number of halogens is 4. The second-order valence-corrected chi connectivity index (χ2v) is 9.78. The highest BCUT2D eigenvalue weighted by Crippen LogP contribution is 2.29. The first-order chi connectivity index (χ1) is 15.1. The van der Waals surface area contributed by atoms with Gasteiger partial charge in [-0.15, -0.1) is 0 Å². The van der Waals surface area contributed by atoms with Crippen LogP contribution in [0.5, 0.6) is 0 Å². The fourth-order valence-corrected chi connectivity index (χ4v) is 3.22. The van der Waals surface area contributed by atoms with Crippen molar-refractivity contribution in [3.05, 3.63) is 64.7 Å². The summed E-state index contributed by atoms with van der Waals surface area (Å²) in [5, 5.41) is 8.55. The van der Waals surface area contributed by atoms with Gasteiger partial charge in [0.05, 0.1) is 22.8 Å². The first-order valence-electron chi connectivity index (χ1n) is 9.58. The SMILES string of the molecule is CCCCOC(=O)c1ccc(NC(=S)N[C@H](NC(=O)c2ccccc2Cl)C(Cl)(Cl)Cl)cc1. The van der Waals surface area contributed by atoms with E-state index >= 15 is 0 Å². The van der Waals surface area contributed by atoms with E-state index in [-0.39, 0.29) is 15.7 Å². The Morgan fingerprint density at radius 2 is 1.72 bits per heavy atom. The summed E-state index contributed by atoms with van der Waals surface area (Å²) in [6, 6.07) is 13.0. The van der Waals surface area contributed by atoms with Gasteiger partial charge in [0, 0.05) is 5.69 Å². The lowest BCUT2D eigenvalue weighted by atomic mass is 10.2. The zero-order valence-electron chi connectivity index (χ0n) is 17.0. The molecule has 3 N–H and O–H groups in total. The van der Waals surface area contributed by atoms with Crippen LogP contribution in [0, 0.1) is 0 Å². The van der Waals surface area contributed by atoms with E-state index < -0.39 is 21.8 Å².